The molecule has 3 aliphatic carbocycles. The molecule has 0 aromatic rings. The lowest BCUT2D eigenvalue weighted by Gasteiger charge is -2.54. The number of hydrogen-bond acceptors (Lipinski definition) is 0. The van der Waals surface area contributed by atoms with Crippen LogP contribution in [0.1, 0.15) is 19.3 Å². The van der Waals surface area contributed by atoms with Crippen molar-refractivity contribution in [3.8, 4) is 22.9 Å². The Balaban J connectivity index is 2.17. The molecule has 1 fully saturated rings. The fourth-order valence-electron chi connectivity index (χ4n) is 4.09. The molecule has 0 heterocycles. The average molecular weight is 337 g/mol. The second-order valence-corrected chi connectivity index (χ2v) is 18.8. The first-order valence-electron chi connectivity index (χ1n) is 8.78. The Morgan fingerprint density at radius 2 is 1.13 bits per heavy atom. The zero-order valence-electron chi connectivity index (χ0n) is 15.4. The summed E-state index contributed by atoms with van der Waals surface area (Å²) in [4.78, 5) is 0. The molecule has 2 unspecified atom stereocenters. The van der Waals surface area contributed by atoms with Gasteiger partial charge in [-0.05, 0) is 12.8 Å². The lowest BCUT2D eigenvalue weighted by Crippen LogP contribution is -2.48. The summed E-state index contributed by atoms with van der Waals surface area (Å²) in [5.74, 6) is 7.24. The maximum Gasteiger partial charge on any atom is 0.129 e. The van der Waals surface area contributed by atoms with E-state index in [1.165, 1.54) is 30.4 Å². The van der Waals surface area contributed by atoms with Crippen LogP contribution in [0, 0.1) is 33.8 Å². The Kier molecular flexibility index (Phi) is 3.71. The van der Waals surface area contributed by atoms with Crippen molar-refractivity contribution in [2.75, 3.05) is 0 Å². The molecule has 23 heavy (non-hydrogen) atoms. The lowest BCUT2D eigenvalue weighted by atomic mass is 9.47. The number of hydrogen-bond donors (Lipinski definition) is 0. The minimum atomic E-state index is -1.37. The van der Waals surface area contributed by atoms with Gasteiger partial charge in [0.25, 0.3) is 0 Å². The van der Waals surface area contributed by atoms with Crippen molar-refractivity contribution in [3.63, 3.8) is 0 Å². The summed E-state index contributed by atoms with van der Waals surface area (Å²) in [6.45, 7) is 13.9. The molecule has 2 atom stereocenters. The standard InChI is InChI=1S/C21H28Si2/c1-22(2,3)16-10-18-19(11-17-23(4,5)6)21-13-8-7-12-20(18,21)14-9-15-21/h7-8,12-13H,9,14-15H2,1-6H3. The van der Waals surface area contributed by atoms with Crippen LogP contribution in [0.3, 0.4) is 0 Å². The predicted molar refractivity (Wildman–Crippen MR) is 106 cm³/mol. The van der Waals surface area contributed by atoms with Gasteiger partial charge in [0, 0.05) is 22.0 Å². The van der Waals surface area contributed by atoms with Crippen LogP contribution in [-0.4, -0.2) is 16.1 Å². The highest BCUT2D eigenvalue weighted by Gasteiger charge is 2.64. The zero-order valence-corrected chi connectivity index (χ0v) is 17.4. The van der Waals surface area contributed by atoms with Gasteiger partial charge in [0.15, 0.2) is 0 Å². The van der Waals surface area contributed by atoms with Gasteiger partial charge in [-0.15, -0.1) is 11.1 Å². The van der Waals surface area contributed by atoms with E-state index in [-0.39, 0.29) is 10.8 Å². The average Bonchev–Trinajstić information content (AvgIpc) is 2.74. The molecule has 0 spiro atoms. The number of allylic oxidation sites excluding steroid dienone is 6. The topological polar surface area (TPSA) is 0 Å². The molecular formula is C21H28Si2. The second-order valence-electron chi connectivity index (χ2n) is 9.26. The molecule has 0 saturated heterocycles. The van der Waals surface area contributed by atoms with E-state index in [1.54, 1.807) is 0 Å². The van der Waals surface area contributed by atoms with Gasteiger partial charge in [-0.1, -0.05) is 81.8 Å². The van der Waals surface area contributed by atoms with Crippen molar-refractivity contribution in [2.24, 2.45) is 10.8 Å². The van der Waals surface area contributed by atoms with E-state index in [0.717, 1.165) is 0 Å². The predicted octanol–water partition coefficient (Wildman–Crippen LogP) is 5.34. The third-order valence-electron chi connectivity index (χ3n) is 5.08. The van der Waals surface area contributed by atoms with Crippen molar-refractivity contribution in [1.82, 2.24) is 0 Å². The molecule has 0 bridgehead atoms. The Morgan fingerprint density at radius 1 is 0.739 bits per heavy atom. The van der Waals surface area contributed by atoms with E-state index in [2.05, 4.69) is 86.5 Å². The molecular weight excluding hydrogens is 308 g/mol. The molecule has 0 N–H and O–H groups in total. The quantitative estimate of drug-likeness (QED) is 0.414. The zero-order chi connectivity index (χ0) is 16.9. The van der Waals surface area contributed by atoms with Gasteiger partial charge in [0.1, 0.15) is 16.1 Å². The van der Waals surface area contributed by atoms with E-state index in [1.807, 2.05) is 0 Å². The summed E-state index contributed by atoms with van der Waals surface area (Å²) in [7, 11) is -2.75. The summed E-state index contributed by atoms with van der Waals surface area (Å²) in [5.41, 5.74) is 10.2. The fourth-order valence-corrected chi connectivity index (χ4v) is 5.09. The molecule has 1 saturated carbocycles. The van der Waals surface area contributed by atoms with Gasteiger partial charge in [-0.25, -0.2) is 0 Å². The minimum absolute atomic E-state index is 0.165. The lowest BCUT2D eigenvalue weighted by molar-refractivity contribution is 0.232. The third-order valence-corrected chi connectivity index (χ3v) is 6.83. The molecule has 0 aromatic carbocycles. The Hall–Kier alpha value is -1.23. The minimum Gasteiger partial charge on any atom is -0.127 e. The summed E-state index contributed by atoms with van der Waals surface area (Å²) in [6.07, 6.45) is 13.1. The summed E-state index contributed by atoms with van der Waals surface area (Å²) in [6, 6.07) is 0. The molecule has 0 aromatic heterocycles. The molecule has 3 aliphatic rings. The Bertz CT molecular complexity index is 680. The fraction of sp³-hybridized carbons (Fsp3) is 0.524. The highest BCUT2D eigenvalue weighted by Crippen LogP contribution is 2.71. The molecule has 0 radical (unpaired) electrons. The van der Waals surface area contributed by atoms with E-state index >= 15 is 0 Å². The largest absolute Gasteiger partial charge is 0.129 e. The van der Waals surface area contributed by atoms with Gasteiger partial charge < -0.3 is 0 Å². The molecule has 2 heteroatoms. The summed E-state index contributed by atoms with van der Waals surface area (Å²) in [5, 5.41) is 0. The first kappa shape index (κ1) is 16.6. The monoisotopic (exact) mass is 336 g/mol. The van der Waals surface area contributed by atoms with Crippen molar-refractivity contribution in [1.29, 1.82) is 0 Å². The van der Waals surface area contributed by atoms with E-state index in [9.17, 15) is 0 Å². The van der Waals surface area contributed by atoms with E-state index < -0.39 is 16.1 Å². The van der Waals surface area contributed by atoms with Crippen molar-refractivity contribution in [3.05, 3.63) is 35.5 Å². The van der Waals surface area contributed by atoms with Gasteiger partial charge in [0.2, 0.25) is 0 Å². The van der Waals surface area contributed by atoms with Crippen LogP contribution in [0.2, 0.25) is 39.3 Å². The van der Waals surface area contributed by atoms with Crippen LogP contribution in [0.25, 0.3) is 0 Å². The van der Waals surface area contributed by atoms with Crippen LogP contribution >= 0.6 is 0 Å². The first-order chi connectivity index (χ1) is 10.6. The third kappa shape index (κ3) is 2.63. The molecule has 3 rings (SSSR count). The van der Waals surface area contributed by atoms with Crippen molar-refractivity contribution < 1.29 is 0 Å². The normalized spacial score (nSPS) is 31.4. The van der Waals surface area contributed by atoms with Gasteiger partial charge in [-0.3, -0.25) is 0 Å². The summed E-state index contributed by atoms with van der Waals surface area (Å²) < 4.78 is 0. The Labute approximate surface area is 144 Å². The first-order valence-corrected chi connectivity index (χ1v) is 15.8. The van der Waals surface area contributed by atoms with Gasteiger partial charge in [0.05, 0.1) is 0 Å². The highest BCUT2D eigenvalue weighted by atomic mass is 28.3. The maximum atomic E-state index is 3.62. The second kappa shape index (κ2) is 5.13. The van der Waals surface area contributed by atoms with E-state index in [4.69, 9.17) is 0 Å². The van der Waals surface area contributed by atoms with Crippen LogP contribution in [0.5, 0.6) is 0 Å². The van der Waals surface area contributed by atoms with Gasteiger partial charge in [-0.2, -0.15) is 0 Å². The number of rotatable bonds is 0. The Morgan fingerprint density at radius 3 is 1.48 bits per heavy atom. The van der Waals surface area contributed by atoms with E-state index in [0.29, 0.717) is 0 Å². The molecule has 0 amide bonds. The molecule has 120 valence electrons. The highest BCUT2D eigenvalue weighted by molar-refractivity contribution is 6.84. The van der Waals surface area contributed by atoms with Crippen molar-refractivity contribution >= 4 is 16.1 Å². The van der Waals surface area contributed by atoms with Crippen LogP contribution in [-0.2, 0) is 0 Å². The van der Waals surface area contributed by atoms with Gasteiger partial charge >= 0.3 is 0 Å². The van der Waals surface area contributed by atoms with Crippen LogP contribution in [0.15, 0.2) is 35.5 Å². The summed E-state index contributed by atoms with van der Waals surface area (Å²) >= 11 is 0. The molecule has 0 nitrogen and oxygen atoms in total. The SMILES string of the molecule is C[Si](C)(C)C#CC1=C(C#C[Si](C)(C)C)C23C=CC=CC12CCC3. The maximum absolute atomic E-state index is 3.62. The van der Waals surface area contributed by atoms with Crippen LogP contribution in [0.4, 0.5) is 0 Å². The van der Waals surface area contributed by atoms with Crippen LogP contribution < -0.4 is 0 Å². The molecule has 0 aliphatic heterocycles. The van der Waals surface area contributed by atoms with Crippen molar-refractivity contribution in [2.45, 2.75) is 58.5 Å². The smallest absolute Gasteiger partial charge is 0.127 e.